The largest absolute Gasteiger partial charge is 0.346 e. The topological polar surface area (TPSA) is 93.3 Å². The molecule has 264 valence electrons. The van der Waals surface area contributed by atoms with Gasteiger partial charge in [0.1, 0.15) is 0 Å². The molecule has 0 bridgehead atoms. The van der Waals surface area contributed by atoms with E-state index in [0.29, 0.717) is 57.9 Å². The van der Waals surface area contributed by atoms with Crippen LogP contribution in [0.4, 0.5) is 0 Å². The third-order valence-electron chi connectivity index (χ3n) is 10.6. The lowest BCUT2D eigenvalue weighted by Crippen LogP contribution is -2.64. The summed E-state index contributed by atoms with van der Waals surface area (Å²) in [6, 6.07) is 30.0. The maximum absolute atomic E-state index is 14.1. The first-order chi connectivity index (χ1) is 24.3. The quantitative estimate of drug-likeness (QED) is 0.261. The van der Waals surface area contributed by atoms with Gasteiger partial charge in [-0.3, -0.25) is 24.1 Å². The van der Waals surface area contributed by atoms with Crippen molar-refractivity contribution in [3.8, 4) is 0 Å². The van der Waals surface area contributed by atoms with E-state index < -0.39 is 23.6 Å². The number of benzene rings is 3. The van der Waals surface area contributed by atoms with Gasteiger partial charge >= 0.3 is 23.6 Å². The van der Waals surface area contributed by atoms with Crippen molar-refractivity contribution in [3.05, 3.63) is 108 Å². The zero-order valence-electron chi connectivity index (χ0n) is 29.5. The Bertz CT molecular complexity index is 1600. The SMILES string of the molecule is CC(C)C[C@H]1CN([C@@H](Cc2ccccc2)CN2CCC[C@@H]2CN2C(=O)C(=O)NC[C@@H]2Cc2ccccc2)C(=O)C(=O)N1CCc1ccccc1. The van der Waals surface area contributed by atoms with Crippen molar-refractivity contribution in [3.63, 3.8) is 0 Å². The molecule has 3 aliphatic heterocycles. The van der Waals surface area contributed by atoms with Crippen LogP contribution in [0.15, 0.2) is 91.0 Å². The van der Waals surface area contributed by atoms with Gasteiger partial charge in [0.25, 0.3) is 0 Å². The summed E-state index contributed by atoms with van der Waals surface area (Å²) in [5.41, 5.74) is 3.39. The average molecular weight is 678 g/mol. The summed E-state index contributed by atoms with van der Waals surface area (Å²) in [7, 11) is 0. The Labute approximate surface area is 296 Å². The van der Waals surface area contributed by atoms with Crippen LogP contribution < -0.4 is 5.32 Å². The molecule has 3 aromatic carbocycles. The highest BCUT2D eigenvalue weighted by atomic mass is 16.2. The fourth-order valence-corrected chi connectivity index (χ4v) is 8.05. The highest BCUT2D eigenvalue weighted by Crippen LogP contribution is 2.27. The molecule has 1 N–H and O–H groups in total. The van der Waals surface area contributed by atoms with E-state index in [-0.39, 0.29) is 24.2 Å². The Hall–Kier alpha value is -4.50. The minimum absolute atomic E-state index is 0.0471. The predicted molar refractivity (Wildman–Crippen MR) is 194 cm³/mol. The first-order valence-electron chi connectivity index (χ1n) is 18.3. The Morgan fingerprint density at radius 3 is 2.02 bits per heavy atom. The van der Waals surface area contributed by atoms with Crippen molar-refractivity contribution in [1.82, 2.24) is 24.9 Å². The molecule has 3 aliphatic rings. The fraction of sp³-hybridized carbons (Fsp3) is 0.463. The van der Waals surface area contributed by atoms with Gasteiger partial charge in [0.15, 0.2) is 0 Å². The third kappa shape index (κ3) is 8.62. The molecule has 4 amide bonds. The van der Waals surface area contributed by atoms with Crippen LogP contribution in [0.25, 0.3) is 0 Å². The summed E-state index contributed by atoms with van der Waals surface area (Å²) in [5.74, 6) is -1.51. The van der Waals surface area contributed by atoms with E-state index in [0.717, 1.165) is 42.5 Å². The van der Waals surface area contributed by atoms with Crippen LogP contribution in [0.3, 0.4) is 0 Å². The molecule has 3 saturated heterocycles. The molecule has 3 aromatic rings. The monoisotopic (exact) mass is 677 g/mol. The van der Waals surface area contributed by atoms with Crippen molar-refractivity contribution >= 4 is 23.6 Å². The van der Waals surface area contributed by atoms with E-state index in [4.69, 9.17) is 0 Å². The minimum atomic E-state index is -0.550. The second-order valence-electron chi connectivity index (χ2n) is 14.6. The molecule has 50 heavy (non-hydrogen) atoms. The molecule has 0 unspecified atom stereocenters. The van der Waals surface area contributed by atoms with Gasteiger partial charge < -0.3 is 20.0 Å². The molecule has 4 atom stereocenters. The van der Waals surface area contributed by atoms with Crippen molar-refractivity contribution in [2.75, 3.05) is 39.3 Å². The van der Waals surface area contributed by atoms with Crippen LogP contribution in [0.2, 0.25) is 0 Å². The number of amides is 4. The van der Waals surface area contributed by atoms with E-state index in [1.807, 2.05) is 64.4 Å². The number of carbonyl (C=O) groups is 4. The molecule has 3 heterocycles. The van der Waals surface area contributed by atoms with E-state index in [1.54, 1.807) is 4.90 Å². The van der Waals surface area contributed by atoms with Gasteiger partial charge in [-0.25, -0.2) is 0 Å². The minimum Gasteiger partial charge on any atom is -0.346 e. The second kappa shape index (κ2) is 16.5. The number of nitrogens with one attached hydrogen (secondary N) is 1. The smallest absolute Gasteiger partial charge is 0.312 e. The lowest BCUT2D eigenvalue weighted by atomic mass is 9.96. The highest BCUT2D eigenvalue weighted by molar-refractivity contribution is 6.36. The molecule has 0 radical (unpaired) electrons. The van der Waals surface area contributed by atoms with Crippen LogP contribution in [0.5, 0.6) is 0 Å². The number of hydrogen-bond acceptors (Lipinski definition) is 5. The van der Waals surface area contributed by atoms with Crippen LogP contribution in [0, 0.1) is 5.92 Å². The number of piperazine rings is 2. The Morgan fingerprint density at radius 1 is 0.720 bits per heavy atom. The molecule has 0 aliphatic carbocycles. The molecular weight excluding hydrogens is 626 g/mol. The first-order valence-corrected chi connectivity index (χ1v) is 18.3. The zero-order valence-corrected chi connectivity index (χ0v) is 29.5. The second-order valence-corrected chi connectivity index (χ2v) is 14.6. The normalized spacial score (nSPS) is 22.4. The highest BCUT2D eigenvalue weighted by Gasteiger charge is 2.43. The summed E-state index contributed by atoms with van der Waals surface area (Å²) in [6.07, 6.45) is 4.68. The fourth-order valence-electron chi connectivity index (χ4n) is 8.05. The standard InChI is InChI=1S/C41H51N5O4/c1-30(2)23-36-29-46(41(50)40(49)44(36)22-20-31-13-6-3-7-14-31)37(25-33-17-10-5-11-18-33)27-43-21-12-19-34(43)28-45-35(26-42-38(47)39(45)48)24-32-15-8-4-9-16-32/h3-11,13-18,30,34-37H,12,19-29H2,1-2H3,(H,42,47)/t34-,35+,36+,37+/m1/s1. The van der Waals surface area contributed by atoms with Crippen molar-refractivity contribution in [2.45, 2.75) is 76.5 Å². The number of rotatable bonds is 14. The third-order valence-corrected chi connectivity index (χ3v) is 10.6. The lowest BCUT2D eigenvalue weighted by Gasteiger charge is -2.46. The lowest BCUT2D eigenvalue weighted by molar-refractivity contribution is -0.161. The van der Waals surface area contributed by atoms with Gasteiger partial charge in [0.2, 0.25) is 0 Å². The van der Waals surface area contributed by atoms with Crippen molar-refractivity contribution in [2.24, 2.45) is 5.92 Å². The molecule has 0 aromatic heterocycles. The van der Waals surface area contributed by atoms with Crippen LogP contribution in [0.1, 0.15) is 49.8 Å². The molecule has 9 nitrogen and oxygen atoms in total. The van der Waals surface area contributed by atoms with Crippen molar-refractivity contribution < 1.29 is 19.2 Å². The van der Waals surface area contributed by atoms with Gasteiger partial charge in [-0.1, -0.05) is 105 Å². The van der Waals surface area contributed by atoms with Gasteiger partial charge in [0.05, 0.1) is 12.1 Å². The van der Waals surface area contributed by atoms with E-state index >= 15 is 0 Å². The maximum atomic E-state index is 14.1. The summed E-state index contributed by atoms with van der Waals surface area (Å²) in [6.45, 7) is 7.66. The Morgan fingerprint density at radius 2 is 1.36 bits per heavy atom. The van der Waals surface area contributed by atoms with E-state index in [9.17, 15) is 19.2 Å². The Balaban J connectivity index is 1.22. The van der Waals surface area contributed by atoms with E-state index in [2.05, 4.69) is 60.5 Å². The molecule has 0 spiro atoms. The van der Waals surface area contributed by atoms with Gasteiger partial charge in [0, 0.05) is 44.8 Å². The van der Waals surface area contributed by atoms with Gasteiger partial charge in [-0.2, -0.15) is 0 Å². The summed E-state index contributed by atoms with van der Waals surface area (Å²) >= 11 is 0. The summed E-state index contributed by atoms with van der Waals surface area (Å²) in [5, 5.41) is 2.80. The molecule has 6 rings (SSSR count). The number of nitrogens with zero attached hydrogens (tertiary/aromatic N) is 4. The Kier molecular flexibility index (Phi) is 11.6. The number of carbonyl (C=O) groups excluding carboxylic acids is 4. The van der Waals surface area contributed by atoms with Crippen LogP contribution in [-0.2, 0) is 38.4 Å². The van der Waals surface area contributed by atoms with Gasteiger partial charge in [-0.15, -0.1) is 0 Å². The zero-order chi connectivity index (χ0) is 35.0. The number of hydrogen-bond donors (Lipinski definition) is 1. The average Bonchev–Trinajstić information content (AvgIpc) is 3.56. The van der Waals surface area contributed by atoms with E-state index in [1.165, 1.54) is 0 Å². The van der Waals surface area contributed by atoms with Gasteiger partial charge in [-0.05, 0) is 67.7 Å². The van der Waals surface area contributed by atoms with Crippen molar-refractivity contribution in [1.29, 1.82) is 0 Å². The molecule has 9 heteroatoms. The first kappa shape index (κ1) is 35.3. The predicted octanol–water partition coefficient (Wildman–Crippen LogP) is 3.96. The molecular formula is C41H51N5O4. The molecule has 3 fully saturated rings. The maximum Gasteiger partial charge on any atom is 0.312 e. The molecule has 0 saturated carbocycles. The van der Waals surface area contributed by atoms with Crippen LogP contribution >= 0.6 is 0 Å². The number of likely N-dealkylation sites (tertiary alicyclic amines) is 1. The van der Waals surface area contributed by atoms with Crippen LogP contribution in [-0.4, -0.2) is 107 Å². The summed E-state index contributed by atoms with van der Waals surface area (Å²) < 4.78 is 0. The summed E-state index contributed by atoms with van der Waals surface area (Å²) in [4.78, 5) is 61.8.